The number of nitrogens with one attached hydrogen (secondary N) is 1. The SMILES string of the molecule is C=CCOC(=O)N1C[C@H](O)C[C@H]1Cc1[nH]c(C(N)=O)nc1C. The first-order valence-electron chi connectivity index (χ1n) is 7.00. The van der Waals surface area contributed by atoms with E-state index in [9.17, 15) is 14.7 Å². The molecule has 0 aliphatic carbocycles. The molecule has 1 aromatic heterocycles. The minimum absolute atomic E-state index is 0.0897. The number of ether oxygens (including phenoxy) is 1. The highest BCUT2D eigenvalue weighted by molar-refractivity contribution is 5.89. The molecule has 2 heterocycles. The molecular formula is C14H20N4O4. The number of carbonyl (C=O) groups is 2. The first-order chi connectivity index (χ1) is 10.4. The van der Waals surface area contributed by atoms with Crippen LogP contribution in [0.2, 0.25) is 0 Å². The molecule has 4 N–H and O–H groups in total. The van der Waals surface area contributed by atoms with Crippen LogP contribution in [0.1, 0.15) is 28.4 Å². The molecule has 2 amide bonds. The van der Waals surface area contributed by atoms with Gasteiger partial charge in [0.1, 0.15) is 6.61 Å². The Morgan fingerprint density at radius 2 is 2.36 bits per heavy atom. The number of carbonyl (C=O) groups excluding carboxylic acids is 2. The lowest BCUT2D eigenvalue weighted by atomic mass is 10.1. The summed E-state index contributed by atoms with van der Waals surface area (Å²) in [6, 6.07) is -0.229. The highest BCUT2D eigenvalue weighted by atomic mass is 16.6. The van der Waals surface area contributed by atoms with Crippen LogP contribution in [-0.4, -0.2) is 57.3 Å². The summed E-state index contributed by atoms with van der Waals surface area (Å²) < 4.78 is 5.02. The number of hydrogen-bond acceptors (Lipinski definition) is 5. The zero-order valence-corrected chi connectivity index (χ0v) is 12.4. The Bertz CT molecular complexity index is 583. The van der Waals surface area contributed by atoms with Crippen LogP contribution in [0.15, 0.2) is 12.7 Å². The second-order valence-electron chi connectivity index (χ2n) is 5.28. The average molecular weight is 308 g/mol. The number of likely N-dealkylation sites (tertiary alicyclic amines) is 1. The number of nitrogens with zero attached hydrogens (tertiary/aromatic N) is 2. The van der Waals surface area contributed by atoms with Gasteiger partial charge >= 0.3 is 6.09 Å². The predicted molar refractivity (Wildman–Crippen MR) is 78.2 cm³/mol. The summed E-state index contributed by atoms with van der Waals surface area (Å²) in [7, 11) is 0. The van der Waals surface area contributed by atoms with Crippen LogP contribution in [0, 0.1) is 6.92 Å². The van der Waals surface area contributed by atoms with Gasteiger partial charge in [0, 0.05) is 18.2 Å². The van der Waals surface area contributed by atoms with E-state index in [0.717, 1.165) is 5.69 Å². The molecule has 1 aliphatic heterocycles. The van der Waals surface area contributed by atoms with Gasteiger partial charge in [-0.3, -0.25) is 4.79 Å². The Morgan fingerprint density at radius 1 is 1.64 bits per heavy atom. The second kappa shape index (κ2) is 6.61. The van der Waals surface area contributed by atoms with E-state index < -0.39 is 18.1 Å². The monoisotopic (exact) mass is 308 g/mol. The van der Waals surface area contributed by atoms with Gasteiger partial charge in [-0.15, -0.1) is 0 Å². The maximum atomic E-state index is 12.0. The number of hydrogen-bond donors (Lipinski definition) is 3. The second-order valence-corrected chi connectivity index (χ2v) is 5.28. The van der Waals surface area contributed by atoms with Gasteiger partial charge < -0.3 is 25.5 Å². The van der Waals surface area contributed by atoms with Gasteiger partial charge in [-0.25, -0.2) is 9.78 Å². The third-order valence-corrected chi connectivity index (χ3v) is 3.61. The molecule has 1 fully saturated rings. The van der Waals surface area contributed by atoms with Crippen molar-refractivity contribution in [3.8, 4) is 0 Å². The lowest BCUT2D eigenvalue weighted by Gasteiger charge is -2.23. The first-order valence-corrected chi connectivity index (χ1v) is 7.00. The Labute approximate surface area is 128 Å². The molecule has 2 rings (SSSR count). The van der Waals surface area contributed by atoms with Gasteiger partial charge in [0.25, 0.3) is 5.91 Å². The van der Waals surface area contributed by atoms with Crippen molar-refractivity contribution in [2.75, 3.05) is 13.2 Å². The Kier molecular flexibility index (Phi) is 4.81. The molecule has 8 nitrogen and oxygen atoms in total. The van der Waals surface area contributed by atoms with Crippen LogP contribution in [0.5, 0.6) is 0 Å². The number of nitrogens with two attached hydrogens (primary N) is 1. The number of primary amides is 1. The minimum Gasteiger partial charge on any atom is -0.445 e. The third kappa shape index (κ3) is 3.45. The molecule has 22 heavy (non-hydrogen) atoms. The Balaban J connectivity index is 2.10. The van der Waals surface area contributed by atoms with Gasteiger partial charge in [-0.2, -0.15) is 0 Å². The Morgan fingerprint density at radius 3 is 2.95 bits per heavy atom. The Hall–Kier alpha value is -2.35. The van der Waals surface area contributed by atoms with Gasteiger partial charge in [0.15, 0.2) is 5.82 Å². The summed E-state index contributed by atoms with van der Waals surface area (Å²) in [6.07, 6.45) is 1.27. The van der Waals surface area contributed by atoms with Crippen LogP contribution in [0.4, 0.5) is 4.79 Å². The van der Waals surface area contributed by atoms with Crippen LogP contribution in [0.25, 0.3) is 0 Å². The fourth-order valence-corrected chi connectivity index (χ4v) is 2.57. The zero-order valence-electron chi connectivity index (χ0n) is 12.4. The van der Waals surface area contributed by atoms with Gasteiger partial charge in [-0.05, 0) is 13.3 Å². The quantitative estimate of drug-likeness (QED) is 0.667. The van der Waals surface area contributed by atoms with Crippen molar-refractivity contribution in [1.29, 1.82) is 0 Å². The van der Waals surface area contributed by atoms with Crippen molar-refractivity contribution in [2.24, 2.45) is 5.73 Å². The summed E-state index contributed by atoms with van der Waals surface area (Å²) in [4.78, 5) is 31.5. The van der Waals surface area contributed by atoms with Crippen molar-refractivity contribution in [3.63, 3.8) is 0 Å². The number of rotatable bonds is 5. The fraction of sp³-hybridized carbons (Fsp3) is 0.500. The van der Waals surface area contributed by atoms with E-state index in [0.29, 0.717) is 18.5 Å². The van der Waals surface area contributed by atoms with Gasteiger partial charge in [-0.1, -0.05) is 12.7 Å². The normalized spacial score (nSPS) is 20.9. The van der Waals surface area contributed by atoms with Crippen molar-refractivity contribution in [3.05, 3.63) is 29.9 Å². The fourth-order valence-electron chi connectivity index (χ4n) is 2.57. The molecule has 0 aromatic carbocycles. The highest BCUT2D eigenvalue weighted by Gasteiger charge is 2.36. The number of amides is 2. The predicted octanol–water partition coefficient (Wildman–Crippen LogP) is 0.117. The van der Waals surface area contributed by atoms with E-state index in [4.69, 9.17) is 10.5 Å². The maximum absolute atomic E-state index is 12.0. The number of aromatic amines is 1. The summed E-state index contributed by atoms with van der Waals surface area (Å²) in [5.74, 6) is -0.546. The molecule has 0 spiro atoms. The summed E-state index contributed by atoms with van der Waals surface area (Å²) >= 11 is 0. The topological polar surface area (TPSA) is 122 Å². The molecular weight excluding hydrogens is 288 g/mol. The highest BCUT2D eigenvalue weighted by Crippen LogP contribution is 2.23. The van der Waals surface area contributed by atoms with Crippen LogP contribution in [-0.2, 0) is 11.2 Å². The molecule has 8 heteroatoms. The van der Waals surface area contributed by atoms with Crippen LogP contribution < -0.4 is 5.73 Å². The molecule has 0 radical (unpaired) electrons. The molecule has 0 unspecified atom stereocenters. The van der Waals surface area contributed by atoms with Crippen LogP contribution in [0.3, 0.4) is 0 Å². The smallest absolute Gasteiger partial charge is 0.410 e. The van der Waals surface area contributed by atoms with Crippen molar-refractivity contribution >= 4 is 12.0 Å². The largest absolute Gasteiger partial charge is 0.445 e. The van der Waals surface area contributed by atoms with Crippen molar-refractivity contribution in [2.45, 2.75) is 31.9 Å². The number of aliphatic hydroxyl groups excluding tert-OH is 1. The van der Waals surface area contributed by atoms with E-state index in [2.05, 4.69) is 16.5 Å². The molecule has 2 atom stereocenters. The summed E-state index contributed by atoms with van der Waals surface area (Å²) in [5, 5.41) is 9.82. The molecule has 120 valence electrons. The molecule has 0 saturated carbocycles. The van der Waals surface area contributed by atoms with E-state index in [-0.39, 0.29) is 25.0 Å². The van der Waals surface area contributed by atoms with Crippen molar-refractivity contribution in [1.82, 2.24) is 14.9 Å². The van der Waals surface area contributed by atoms with Gasteiger partial charge in [0.2, 0.25) is 0 Å². The summed E-state index contributed by atoms with van der Waals surface area (Å²) in [5.41, 5.74) is 6.55. The number of aromatic nitrogens is 2. The lowest BCUT2D eigenvalue weighted by Crippen LogP contribution is -2.37. The maximum Gasteiger partial charge on any atom is 0.410 e. The number of imidazole rings is 1. The lowest BCUT2D eigenvalue weighted by molar-refractivity contribution is 0.0987. The number of aliphatic hydroxyl groups is 1. The third-order valence-electron chi connectivity index (χ3n) is 3.61. The summed E-state index contributed by atoms with van der Waals surface area (Å²) in [6.45, 7) is 5.58. The van der Waals surface area contributed by atoms with E-state index >= 15 is 0 Å². The van der Waals surface area contributed by atoms with Crippen molar-refractivity contribution < 1.29 is 19.4 Å². The zero-order chi connectivity index (χ0) is 16.3. The minimum atomic E-state index is -0.636. The average Bonchev–Trinajstić information content (AvgIpc) is 3.00. The number of aryl methyl sites for hydroxylation is 1. The standard InChI is InChI=1S/C14H20N4O4/c1-3-4-22-14(21)18-7-10(19)5-9(18)6-11-8(2)16-13(17-11)12(15)20/h3,9-10,19H,1,4-7H2,2H3,(H2,15,20)(H,16,17)/t9-,10+/m0/s1. The number of H-pyrrole nitrogens is 1. The van der Waals surface area contributed by atoms with Crippen LogP contribution >= 0.6 is 0 Å². The first kappa shape index (κ1) is 16.0. The molecule has 1 saturated heterocycles. The number of β-amino-alcohol motifs (C(OH)–C–C–N with tert-alkyl or cyclic N) is 1. The van der Waals surface area contributed by atoms with Gasteiger partial charge in [0.05, 0.1) is 18.3 Å². The van der Waals surface area contributed by atoms with E-state index in [1.165, 1.54) is 11.0 Å². The molecule has 1 aromatic rings. The van der Waals surface area contributed by atoms with E-state index in [1.807, 2.05) is 0 Å². The molecule has 1 aliphatic rings. The van der Waals surface area contributed by atoms with E-state index in [1.54, 1.807) is 6.92 Å². The molecule has 0 bridgehead atoms.